The van der Waals surface area contributed by atoms with Crippen LogP contribution in [0.2, 0.25) is 0 Å². The Balaban J connectivity index is 3.02. The lowest BCUT2D eigenvalue weighted by atomic mass is 10.1. The van der Waals surface area contributed by atoms with Gasteiger partial charge in [-0.05, 0) is 18.6 Å². The van der Waals surface area contributed by atoms with Crippen molar-refractivity contribution in [3.8, 4) is 0 Å². The first kappa shape index (κ1) is 10.2. The van der Waals surface area contributed by atoms with Gasteiger partial charge in [0.2, 0.25) is 0 Å². The molecule has 0 amide bonds. The van der Waals surface area contributed by atoms with E-state index in [-0.39, 0.29) is 11.7 Å². The molecule has 0 spiro atoms. The number of amidine groups is 1. The van der Waals surface area contributed by atoms with E-state index in [9.17, 15) is 4.39 Å². The average molecular weight is 194 g/mol. The number of nitrogens with zero attached hydrogens (tertiary/aromatic N) is 2. The van der Waals surface area contributed by atoms with Crippen molar-refractivity contribution in [3.05, 3.63) is 35.1 Å². The van der Waals surface area contributed by atoms with E-state index in [1.807, 2.05) is 0 Å². The summed E-state index contributed by atoms with van der Waals surface area (Å²) in [6.07, 6.45) is 1.01. The van der Waals surface area contributed by atoms with Crippen molar-refractivity contribution in [1.82, 2.24) is 0 Å². The fourth-order valence-corrected chi connectivity index (χ4v) is 0.905. The predicted octanol–water partition coefficient (Wildman–Crippen LogP) is 0.741. The standard InChI is InChI=1S/C9H11FN4/c1-6-2-3-7(4-8(6)10)9(12)14-13-5-11/h2-5H,1H3,(H2,11,13)(H2,12,14). The molecule has 4 N–H and O–H groups in total. The van der Waals surface area contributed by atoms with Crippen LogP contribution in [-0.4, -0.2) is 12.2 Å². The van der Waals surface area contributed by atoms with Crippen LogP contribution in [0.5, 0.6) is 0 Å². The normalized spacial score (nSPS) is 12.3. The molecule has 1 aromatic carbocycles. The first-order valence-electron chi connectivity index (χ1n) is 3.98. The fraction of sp³-hybridized carbons (Fsp3) is 0.111. The molecule has 1 rings (SSSR count). The third-order valence-corrected chi connectivity index (χ3v) is 1.70. The largest absolute Gasteiger partial charge is 0.388 e. The minimum Gasteiger partial charge on any atom is -0.388 e. The molecule has 0 radical (unpaired) electrons. The SMILES string of the molecule is Cc1ccc(/C(N)=N/N=C\N)cc1F. The zero-order valence-electron chi connectivity index (χ0n) is 7.74. The van der Waals surface area contributed by atoms with Crippen LogP contribution in [0.1, 0.15) is 11.1 Å². The van der Waals surface area contributed by atoms with Crippen LogP contribution in [0.25, 0.3) is 0 Å². The van der Waals surface area contributed by atoms with Crippen LogP contribution in [0.15, 0.2) is 28.4 Å². The zero-order valence-corrected chi connectivity index (χ0v) is 7.74. The van der Waals surface area contributed by atoms with Crippen LogP contribution >= 0.6 is 0 Å². The summed E-state index contributed by atoms with van der Waals surface area (Å²) < 4.78 is 13.1. The average Bonchev–Trinajstić information content (AvgIpc) is 2.18. The summed E-state index contributed by atoms with van der Waals surface area (Å²) in [5.41, 5.74) is 11.5. The second-order valence-corrected chi connectivity index (χ2v) is 2.71. The van der Waals surface area contributed by atoms with Gasteiger partial charge in [-0.3, -0.25) is 0 Å². The van der Waals surface area contributed by atoms with E-state index in [0.717, 1.165) is 6.34 Å². The Morgan fingerprint density at radius 2 is 2.21 bits per heavy atom. The van der Waals surface area contributed by atoms with Crippen LogP contribution in [0, 0.1) is 12.7 Å². The molecule has 0 fully saturated rings. The molecule has 0 heterocycles. The number of hydrogen-bond acceptors (Lipinski definition) is 2. The van der Waals surface area contributed by atoms with Crippen LogP contribution in [-0.2, 0) is 0 Å². The summed E-state index contributed by atoms with van der Waals surface area (Å²) in [4.78, 5) is 0. The highest BCUT2D eigenvalue weighted by Crippen LogP contribution is 2.08. The molecule has 0 aliphatic carbocycles. The van der Waals surface area contributed by atoms with E-state index < -0.39 is 0 Å². The van der Waals surface area contributed by atoms with Crippen molar-refractivity contribution in [1.29, 1.82) is 0 Å². The first-order valence-corrected chi connectivity index (χ1v) is 3.98. The fourth-order valence-electron chi connectivity index (χ4n) is 0.905. The van der Waals surface area contributed by atoms with Gasteiger partial charge in [-0.1, -0.05) is 12.1 Å². The molecule has 74 valence electrons. The Hall–Kier alpha value is -1.91. The Labute approximate surface area is 81.1 Å². The van der Waals surface area contributed by atoms with Gasteiger partial charge >= 0.3 is 0 Å². The van der Waals surface area contributed by atoms with Crippen molar-refractivity contribution in [2.45, 2.75) is 6.92 Å². The van der Waals surface area contributed by atoms with Crippen LogP contribution in [0.4, 0.5) is 4.39 Å². The highest BCUT2D eigenvalue weighted by Gasteiger charge is 2.02. The molecule has 0 saturated carbocycles. The second kappa shape index (κ2) is 4.36. The van der Waals surface area contributed by atoms with Gasteiger partial charge in [-0.25, -0.2) is 4.39 Å². The smallest absolute Gasteiger partial charge is 0.153 e. The maximum absolute atomic E-state index is 13.1. The van der Waals surface area contributed by atoms with Gasteiger partial charge in [-0.15, -0.1) is 10.2 Å². The Morgan fingerprint density at radius 1 is 1.50 bits per heavy atom. The van der Waals surface area contributed by atoms with Crippen LogP contribution < -0.4 is 11.5 Å². The highest BCUT2D eigenvalue weighted by molar-refractivity contribution is 5.97. The van der Waals surface area contributed by atoms with Crippen molar-refractivity contribution in [3.63, 3.8) is 0 Å². The quantitative estimate of drug-likeness (QED) is 0.414. The van der Waals surface area contributed by atoms with Crippen molar-refractivity contribution < 1.29 is 4.39 Å². The van der Waals surface area contributed by atoms with Gasteiger partial charge in [0, 0.05) is 5.56 Å². The van der Waals surface area contributed by atoms with Crippen molar-refractivity contribution >= 4 is 12.2 Å². The molecule has 14 heavy (non-hydrogen) atoms. The lowest BCUT2D eigenvalue weighted by Crippen LogP contribution is -2.13. The Kier molecular flexibility index (Phi) is 3.17. The van der Waals surface area contributed by atoms with Crippen molar-refractivity contribution in [2.24, 2.45) is 21.7 Å². The third-order valence-electron chi connectivity index (χ3n) is 1.70. The minimum absolute atomic E-state index is 0.130. The van der Waals surface area contributed by atoms with Crippen LogP contribution in [0.3, 0.4) is 0 Å². The van der Waals surface area contributed by atoms with Gasteiger partial charge in [0.15, 0.2) is 5.84 Å². The maximum Gasteiger partial charge on any atom is 0.153 e. The number of nitrogens with two attached hydrogens (primary N) is 2. The molecular formula is C9H11FN4. The second-order valence-electron chi connectivity index (χ2n) is 2.71. The molecule has 1 aromatic rings. The highest BCUT2D eigenvalue weighted by atomic mass is 19.1. The Morgan fingerprint density at radius 3 is 2.79 bits per heavy atom. The Bertz CT molecular complexity index is 384. The lowest BCUT2D eigenvalue weighted by molar-refractivity contribution is 0.618. The van der Waals surface area contributed by atoms with Gasteiger partial charge in [0.1, 0.15) is 12.2 Å². The monoisotopic (exact) mass is 194 g/mol. The number of rotatable bonds is 2. The molecule has 0 aromatic heterocycles. The molecule has 0 aliphatic rings. The molecular weight excluding hydrogens is 183 g/mol. The maximum atomic E-state index is 13.1. The molecule has 0 bridgehead atoms. The van der Waals surface area contributed by atoms with E-state index >= 15 is 0 Å². The molecule has 0 unspecified atom stereocenters. The predicted molar refractivity (Wildman–Crippen MR) is 54.5 cm³/mol. The number of aryl methyl sites for hydroxylation is 1. The molecule has 0 saturated heterocycles. The molecule has 0 atom stereocenters. The number of hydrogen-bond donors (Lipinski definition) is 2. The van der Waals surface area contributed by atoms with E-state index in [1.54, 1.807) is 19.1 Å². The minimum atomic E-state index is -0.322. The summed E-state index contributed by atoms with van der Waals surface area (Å²) >= 11 is 0. The van der Waals surface area contributed by atoms with Crippen molar-refractivity contribution in [2.75, 3.05) is 0 Å². The molecule has 5 heteroatoms. The summed E-state index contributed by atoms with van der Waals surface area (Å²) in [5, 5.41) is 6.95. The van der Waals surface area contributed by atoms with Gasteiger partial charge in [-0.2, -0.15) is 0 Å². The van der Waals surface area contributed by atoms with Gasteiger partial charge < -0.3 is 11.5 Å². The summed E-state index contributed by atoms with van der Waals surface area (Å²) in [6.45, 7) is 1.67. The summed E-state index contributed by atoms with van der Waals surface area (Å²) in [6, 6.07) is 4.60. The van der Waals surface area contributed by atoms with E-state index in [4.69, 9.17) is 11.5 Å². The summed E-state index contributed by atoms with van der Waals surface area (Å²) in [5.74, 6) is -0.192. The van der Waals surface area contributed by atoms with E-state index in [0.29, 0.717) is 11.1 Å². The van der Waals surface area contributed by atoms with Gasteiger partial charge in [0.05, 0.1) is 0 Å². The number of benzene rings is 1. The topological polar surface area (TPSA) is 76.8 Å². The van der Waals surface area contributed by atoms with E-state index in [2.05, 4.69) is 10.2 Å². The lowest BCUT2D eigenvalue weighted by Gasteiger charge is -2.00. The molecule has 0 aliphatic heterocycles. The molecule has 4 nitrogen and oxygen atoms in total. The summed E-state index contributed by atoms with van der Waals surface area (Å²) in [7, 11) is 0. The zero-order chi connectivity index (χ0) is 10.6. The van der Waals surface area contributed by atoms with Gasteiger partial charge in [0.25, 0.3) is 0 Å². The van der Waals surface area contributed by atoms with E-state index in [1.165, 1.54) is 6.07 Å². The number of halogens is 1. The first-order chi connectivity index (χ1) is 6.65. The third kappa shape index (κ3) is 2.29.